The highest BCUT2D eigenvalue weighted by Gasteiger charge is 2.23. The van der Waals surface area contributed by atoms with E-state index in [0.29, 0.717) is 18.2 Å². The zero-order valence-corrected chi connectivity index (χ0v) is 15.1. The number of piperidine rings is 1. The normalized spacial score (nSPS) is 15.5. The molecule has 0 radical (unpaired) electrons. The number of hydrogen-bond donors (Lipinski definition) is 0. The standard InChI is InChI=1S/C20H25NO2S/c1-16-5-2-3-7-19(16)23-15-17-10-12-21(13-11-17)20(22)9-8-18-6-4-14-24-18/h2-7,14,17H,8-13,15H2,1H3. The van der Waals surface area contributed by atoms with Gasteiger partial charge in [-0.3, -0.25) is 4.79 Å². The molecule has 4 heteroatoms. The minimum atomic E-state index is 0.293. The van der Waals surface area contributed by atoms with Crippen LogP contribution in [0.5, 0.6) is 5.75 Å². The monoisotopic (exact) mass is 343 g/mol. The SMILES string of the molecule is Cc1ccccc1OCC1CCN(C(=O)CCc2cccs2)CC1. The van der Waals surface area contributed by atoms with Gasteiger partial charge in [0.2, 0.25) is 5.91 Å². The maximum absolute atomic E-state index is 12.3. The van der Waals surface area contributed by atoms with E-state index in [2.05, 4.69) is 24.4 Å². The Balaban J connectivity index is 1.39. The smallest absolute Gasteiger partial charge is 0.222 e. The minimum Gasteiger partial charge on any atom is -0.493 e. The first kappa shape index (κ1) is 17.0. The summed E-state index contributed by atoms with van der Waals surface area (Å²) in [5.74, 6) is 1.82. The van der Waals surface area contributed by atoms with Gasteiger partial charge in [-0.25, -0.2) is 0 Å². The number of benzene rings is 1. The van der Waals surface area contributed by atoms with Crippen LogP contribution < -0.4 is 4.74 Å². The molecule has 1 aromatic heterocycles. The number of ether oxygens (including phenoxy) is 1. The Morgan fingerprint density at radius 1 is 1.21 bits per heavy atom. The highest BCUT2D eigenvalue weighted by molar-refractivity contribution is 7.09. The number of carbonyl (C=O) groups is 1. The first-order chi connectivity index (χ1) is 11.7. The van der Waals surface area contributed by atoms with Crippen molar-refractivity contribution in [3.8, 4) is 5.75 Å². The molecule has 1 aliphatic heterocycles. The molecule has 1 amide bonds. The molecular weight excluding hydrogens is 318 g/mol. The van der Waals surface area contributed by atoms with E-state index in [9.17, 15) is 4.79 Å². The summed E-state index contributed by atoms with van der Waals surface area (Å²) in [7, 11) is 0. The van der Waals surface area contributed by atoms with Crippen LogP contribution >= 0.6 is 11.3 Å². The van der Waals surface area contributed by atoms with E-state index in [-0.39, 0.29) is 0 Å². The van der Waals surface area contributed by atoms with Crippen LogP contribution in [0.2, 0.25) is 0 Å². The van der Waals surface area contributed by atoms with E-state index in [4.69, 9.17) is 4.74 Å². The van der Waals surface area contributed by atoms with Gasteiger partial charge in [-0.05, 0) is 55.2 Å². The second kappa shape index (κ2) is 8.34. The topological polar surface area (TPSA) is 29.5 Å². The Morgan fingerprint density at radius 3 is 2.71 bits per heavy atom. The highest BCUT2D eigenvalue weighted by Crippen LogP contribution is 2.22. The Kier molecular flexibility index (Phi) is 5.91. The zero-order chi connectivity index (χ0) is 16.8. The number of thiophene rings is 1. The molecule has 24 heavy (non-hydrogen) atoms. The van der Waals surface area contributed by atoms with Gasteiger partial charge in [0.15, 0.2) is 0 Å². The van der Waals surface area contributed by atoms with Crippen LogP contribution in [0.25, 0.3) is 0 Å². The maximum Gasteiger partial charge on any atom is 0.222 e. The number of amides is 1. The number of rotatable bonds is 6. The summed E-state index contributed by atoms with van der Waals surface area (Å²) < 4.78 is 5.97. The third-order valence-corrected chi connectivity index (χ3v) is 5.64. The Morgan fingerprint density at radius 2 is 2.00 bits per heavy atom. The average molecular weight is 343 g/mol. The number of hydrogen-bond acceptors (Lipinski definition) is 3. The van der Waals surface area contributed by atoms with Crippen LogP contribution in [0, 0.1) is 12.8 Å². The van der Waals surface area contributed by atoms with Crippen LogP contribution in [0.4, 0.5) is 0 Å². The summed E-state index contributed by atoms with van der Waals surface area (Å²) in [5, 5.41) is 2.07. The van der Waals surface area contributed by atoms with Gasteiger partial charge in [0, 0.05) is 24.4 Å². The fourth-order valence-electron chi connectivity index (χ4n) is 3.12. The second-order valence-electron chi connectivity index (χ2n) is 6.48. The van der Waals surface area contributed by atoms with Crippen molar-refractivity contribution in [2.75, 3.05) is 19.7 Å². The third kappa shape index (κ3) is 4.60. The van der Waals surface area contributed by atoms with Gasteiger partial charge < -0.3 is 9.64 Å². The van der Waals surface area contributed by atoms with E-state index >= 15 is 0 Å². The highest BCUT2D eigenvalue weighted by atomic mass is 32.1. The molecule has 0 spiro atoms. The summed E-state index contributed by atoms with van der Waals surface area (Å²) in [5.41, 5.74) is 1.18. The first-order valence-electron chi connectivity index (χ1n) is 8.71. The molecule has 0 N–H and O–H groups in total. The molecule has 1 aromatic carbocycles. The summed E-state index contributed by atoms with van der Waals surface area (Å²) in [6.07, 6.45) is 3.57. The van der Waals surface area contributed by atoms with E-state index in [1.54, 1.807) is 11.3 Å². The summed E-state index contributed by atoms with van der Waals surface area (Å²) in [4.78, 5) is 15.6. The van der Waals surface area contributed by atoms with E-state index < -0.39 is 0 Å². The molecule has 1 fully saturated rings. The molecule has 3 nitrogen and oxygen atoms in total. The molecule has 0 unspecified atom stereocenters. The molecule has 0 aliphatic carbocycles. The van der Waals surface area contributed by atoms with Crippen LogP contribution in [0.3, 0.4) is 0 Å². The molecule has 0 bridgehead atoms. The van der Waals surface area contributed by atoms with Gasteiger partial charge in [0.25, 0.3) is 0 Å². The summed E-state index contributed by atoms with van der Waals surface area (Å²) >= 11 is 1.73. The molecule has 2 aromatic rings. The van der Waals surface area contributed by atoms with Gasteiger partial charge in [-0.2, -0.15) is 0 Å². The molecule has 0 atom stereocenters. The lowest BCUT2D eigenvalue weighted by Crippen LogP contribution is -2.39. The molecule has 1 aliphatic rings. The van der Waals surface area contributed by atoms with Gasteiger partial charge in [-0.15, -0.1) is 11.3 Å². The lowest BCUT2D eigenvalue weighted by molar-refractivity contribution is -0.132. The van der Waals surface area contributed by atoms with Crippen molar-refractivity contribution in [3.63, 3.8) is 0 Å². The van der Waals surface area contributed by atoms with Crippen molar-refractivity contribution in [2.45, 2.75) is 32.6 Å². The average Bonchev–Trinajstić information content (AvgIpc) is 3.13. The van der Waals surface area contributed by atoms with Crippen molar-refractivity contribution >= 4 is 17.2 Å². The lowest BCUT2D eigenvalue weighted by atomic mass is 9.97. The summed E-state index contributed by atoms with van der Waals surface area (Å²) in [6, 6.07) is 12.3. The van der Waals surface area contributed by atoms with Crippen molar-refractivity contribution in [3.05, 3.63) is 52.2 Å². The first-order valence-corrected chi connectivity index (χ1v) is 9.59. The predicted octanol–water partition coefficient (Wildman–Crippen LogP) is 4.31. The Labute approximate surface area is 148 Å². The second-order valence-corrected chi connectivity index (χ2v) is 7.51. The van der Waals surface area contributed by atoms with Crippen molar-refractivity contribution in [1.29, 1.82) is 0 Å². The van der Waals surface area contributed by atoms with Crippen LogP contribution in [-0.4, -0.2) is 30.5 Å². The quantitative estimate of drug-likeness (QED) is 0.782. The maximum atomic E-state index is 12.3. The fraction of sp³-hybridized carbons (Fsp3) is 0.450. The molecule has 2 heterocycles. The van der Waals surface area contributed by atoms with Gasteiger partial charge in [0.05, 0.1) is 6.61 Å². The van der Waals surface area contributed by atoms with Crippen molar-refractivity contribution < 1.29 is 9.53 Å². The largest absolute Gasteiger partial charge is 0.493 e. The number of likely N-dealkylation sites (tertiary alicyclic amines) is 1. The number of nitrogens with zero attached hydrogens (tertiary/aromatic N) is 1. The van der Waals surface area contributed by atoms with E-state index in [0.717, 1.165) is 44.7 Å². The van der Waals surface area contributed by atoms with Crippen molar-refractivity contribution in [2.24, 2.45) is 5.92 Å². The van der Waals surface area contributed by atoms with Crippen molar-refractivity contribution in [1.82, 2.24) is 4.90 Å². The fourth-order valence-corrected chi connectivity index (χ4v) is 3.83. The van der Waals surface area contributed by atoms with E-state index in [1.807, 2.05) is 29.2 Å². The third-order valence-electron chi connectivity index (χ3n) is 4.70. The molecular formula is C20H25NO2S. The number of carbonyl (C=O) groups excluding carboxylic acids is 1. The zero-order valence-electron chi connectivity index (χ0n) is 14.2. The molecule has 128 valence electrons. The van der Waals surface area contributed by atoms with Gasteiger partial charge in [0.1, 0.15) is 5.75 Å². The molecule has 0 saturated carbocycles. The van der Waals surface area contributed by atoms with E-state index in [1.165, 1.54) is 10.4 Å². The Bertz CT molecular complexity index is 645. The van der Waals surface area contributed by atoms with Gasteiger partial charge in [-0.1, -0.05) is 24.3 Å². The van der Waals surface area contributed by atoms with Crippen LogP contribution in [-0.2, 0) is 11.2 Å². The number of para-hydroxylation sites is 1. The number of aryl methyl sites for hydroxylation is 2. The van der Waals surface area contributed by atoms with Gasteiger partial charge >= 0.3 is 0 Å². The molecule has 1 saturated heterocycles. The lowest BCUT2D eigenvalue weighted by Gasteiger charge is -2.32. The van der Waals surface area contributed by atoms with Crippen LogP contribution in [0.1, 0.15) is 29.7 Å². The van der Waals surface area contributed by atoms with Crippen LogP contribution in [0.15, 0.2) is 41.8 Å². The predicted molar refractivity (Wildman–Crippen MR) is 98.6 cm³/mol. The minimum absolute atomic E-state index is 0.293. The Hall–Kier alpha value is -1.81. The molecule has 3 rings (SSSR count). The summed E-state index contributed by atoms with van der Waals surface area (Å²) in [6.45, 7) is 4.56.